The molecule has 1 fully saturated rings. The molecule has 2 heterocycles. The van der Waals surface area contributed by atoms with Crippen molar-refractivity contribution in [2.24, 2.45) is 0 Å². The molecular formula is C13H19NO5S2. The van der Waals surface area contributed by atoms with Gasteiger partial charge in [0.15, 0.2) is 0 Å². The normalized spacial score (nSPS) is 18.0. The molecule has 8 heteroatoms. The number of nitrogens with zero attached hydrogens (tertiary/aromatic N) is 1. The van der Waals surface area contributed by atoms with Gasteiger partial charge in [0.1, 0.15) is 4.21 Å². The Labute approximate surface area is 128 Å². The molecule has 0 spiro atoms. The maximum atomic E-state index is 12.4. The Bertz CT molecular complexity index is 587. The monoisotopic (exact) mass is 333 g/mol. The first kappa shape index (κ1) is 16.4. The smallest absolute Gasteiger partial charge is 0.305 e. The Hall–Kier alpha value is -0.960. The van der Waals surface area contributed by atoms with Crippen molar-refractivity contribution in [2.45, 2.75) is 36.5 Å². The van der Waals surface area contributed by atoms with Gasteiger partial charge in [-0.05, 0) is 31.9 Å². The second kappa shape index (κ2) is 6.87. The van der Waals surface area contributed by atoms with Crippen LogP contribution in [0.25, 0.3) is 0 Å². The number of aryl methyl sites for hydroxylation is 1. The second-order valence-electron chi connectivity index (χ2n) is 4.98. The van der Waals surface area contributed by atoms with Crippen molar-refractivity contribution in [3.05, 3.63) is 17.0 Å². The van der Waals surface area contributed by atoms with E-state index in [1.807, 2.05) is 6.92 Å². The Morgan fingerprint density at radius 2 is 2.10 bits per heavy atom. The molecule has 1 aromatic rings. The van der Waals surface area contributed by atoms with E-state index in [0.29, 0.717) is 30.1 Å². The lowest BCUT2D eigenvalue weighted by atomic mass is 10.1. The third-order valence-corrected chi connectivity index (χ3v) is 6.75. The summed E-state index contributed by atoms with van der Waals surface area (Å²) in [6.45, 7) is 2.89. The number of hydrogen-bond acceptors (Lipinski definition) is 5. The molecule has 0 atom stereocenters. The number of aliphatic carboxylic acids is 1. The van der Waals surface area contributed by atoms with E-state index >= 15 is 0 Å². The summed E-state index contributed by atoms with van der Waals surface area (Å²) >= 11 is 1.28. The SMILES string of the molecule is Cc1ccc(S(=O)(=O)N2CCC(OCCC(=O)O)CC2)s1. The molecule has 1 aliphatic heterocycles. The van der Waals surface area contributed by atoms with E-state index in [1.165, 1.54) is 15.6 Å². The number of carboxylic acids is 1. The molecule has 0 radical (unpaired) electrons. The van der Waals surface area contributed by atoms with Gasteiger partial charge in [-0.25, -0.2) is 8.42 Å². The molecule has 21 heavy (non-hydrogen) atoms. The van der Waals surface area contributed by atoms with Crippen molar-refractivity contribution < 1.29 is 23.1 Å². The zero-order valence-corrected chi connectivity index (χ0v) is 13.5. The lowest BCUT2D eigenvalue weighted by Crippen LogP contribution is -2.40. The van der Waals surface area contributed by atoms with E-state index in [9.17, 15) is 13.2 Å². The van der Waals surface area contributed by atoms with Crippen LogP contribution in [0.5, 0.6) is 0 Å². The summed E-state index contributed by atoms with van der Waals surface area (Å²) in [6, 6.07) is 3.45. The molecule has 1 aliphatic rings. The highest BCUT2D eigenvalue weighted by atomic mass is 32.2. The summed E-state index contributed by atoms with van der Waals surface area (Å²) in [7, 11) is -3.40. The number of piperidine rings is 1. The highest BCUT2D eigenvalue weighted by Crippen LogP contribution is 2.27. The molecule has 1 N–H and O–H groups in total. The first-order valence-electron chi connectivity index (χ1n) is 6.79. The van der Waals surface area contributed by atoms with Crippen LogP contribution < -0.4 is 0 Å². The molecule has 6 nitrogen and oxygen atoms in total. The summed E-state index contributed by atoms with van der Waals surface area (Å²) in [6.07, 6.45) is 1.13. The van der Waals surface area contributed by atoms with Crippen LogP contribution in [-0.2, 0) is 19.6 Å². The molecule has 0 aliphatic carbocycles. The van der Waals surface area contributed by atoms with Crippen LogP contribution in [0, 0.1) is 6.92 Å². The van der Waals surface area contributed by atoms with Gasteiger partial charge in [0.2, 0.25) is 0 Å². The molecule has 1 saturated heterocycles. The Kier molecular flexibility index (Phi) is 5.37. The van der Waals surface area contributed by atoms with Crippen LogP contribution in [0.1, 0.15) is 24.1 Å². The summed E-state index contributed by atoms with van der Waals surface area (Å²) < 4.78 is 32.2. The topological polar surface area (TPSA) is 83.9 Å². The first-order chi connectivity index (χ1) is 9.89. The minimum atomic E-state index is -3.40. The van der Waals surface area contributed by atoms with E-state index in [0.717, 1.165) is 4.88 Å². The van der Waals surface area contributed by atoms with Gasteiger partial charge < -0.3 is 9.84 Å². The maximum absolute atomic E-state index is 12.4. The fourth-order valence-electron chi connectivity index (χ4n) is 2.23. The molecule has 0 bridgehead atoms. The lowest BCUT2D eigenvalue weighted by molar-refractivity contribution is -0.138. The molecular weight excluding hydrogens is 314 g/mol. The quantitative estimate of drug-likeness (QED) is 0.856. The number of carboxylic acid groups (broad SMARTS) is 1. The van der Waals surface area contributed by atoms with Crippen molar-refractivity contribution in [2.75, 3.05) is 19.7 Å². The summed E-state index contributed by atoms with van der Waals surface area (Å²) in [5.41, 5.74) is 0. The lowest BCUT2D eigenvalue weighted by Gasteiger charge is -2.30. The maximum Gasteiger partial charge on any atom is 0.305 e. The number of ether oxygens (including phenoxy) is 1. The van der Waals surface area contributed by atoms with Crippen molar-refractivity contribution >= 4 is 27.3 Å². The zero-order valence-electron chi connectivity index (χ0n) is 11.8. The summed E-state index contributed by atoms with van der Waals surface area (Å²) in [5, 5.41) is 8.55. The number of carbonyl (C=O) groups is 1. The van der Waals surface area contributed by atoms with Gasteiger partial charge >= 0.3 is 5.97 Å². The van der Waals surface area contributed by atoms with E-state index in [2.05, 4.69) is 0 Å². The predicted octanol–water partition coefficient (Wildman–Crippen LogP) is 1.70. The van der Waals surface area contributed by atoms with Crippen LogP contribution in [-0.4, -0.2) is 49.6 Å². The van der Waals surface area contributed by atoms with Gasteiger partial charge in [0, 0.05) is 18.0 Å². The summed E-state index contributed by atoms with van der Waals surface area (Å²) in [4.78, 5) is 11.4. The molecule has 118 valence electrons. The summed E-state index contributed by atoms with van der Waals surface area (Å²) in [5.74, 6) is -0.886. The molecule has 0 amide bonds. The highest BCUT2D eigenvalue weighted by Gasteiger charge is 2.30. The van der Waals surface area contributed by atoms with Crippen LogP contribution in [0.4, 0.5) is 0 Å². The number of sulfonamides is 1. The van der Waals surface area contributed by atoms with E-state index in [-0.39, 0.29) is 19.1 Å². The van der Waals surface area contributed by atoms with Gasteiger partial charge in [0.25, 0.3) is 10.0 Å². The zero-order chi connectivity index (χ0) is 15.5. The van der Waals surface area contributed by atoms with Gasteiger partial charge in [-0.2, -0.15) is 4.31 Å². The van der Waals surface area contributed by atoms with E-state index in [4.69, 9.17) is 9.84 Å². The molecule has 0 unspecified atom stereocenters. The molecule has 0 aromatic carbocycles. The fraction of sp³-hybridized carbons (Fsp3) is 0.615. The van der Waals surface area contributed by atoms with Crippen LogP contribution >= 0.6 is 11.3 Å². The molecule has 2 rings (SSSR count). The minimum absolute atomic E-state index is 0.0208. The molecule has 0 saturated carbocycles. The minimum Gasteiger partial charge on any atom is -0.481 e. The Morgan fingerprint density at radius 1 is 1.43 bits per heavy atom. The fourth-order valence-corrected chi connectivity index (χ4v) is 5.14. The third-order valence-electron chi connectivity index (χ3n) is 3.38. The van der Waals surface area contributed by atoms with Crippen molar-refractivity contribution in [1.29, 1.82) is 0 Å². The Balaban J connectivity index is 1.87. The molecule has 1 aromatic heterocycles. The number of rotatable bonds is 6. The van der Waals surface area contributed by atoms with E-state index < -0.39 is 16.0 Å². The number of hydrogen-bond donors (Lipinski definition) is 1. The van der Waals surface area contributed by atoms with Crippen LogP contribution in [0.2, 0.25) is 0 Å². The van der Waals surface area contributed by atoms with Gasteiger partial charge in [0.05, 0.1) is 19.1 Å². The predicted molar refractivity (Wildman–Crippen MR) is 79.0 cm³/mol. The van der Waals surface area contributed by atoms with Crippen molar-refractivity contribution in [3.8, 4) is 0 Å². The third kappa shape index (κ3) is 4.26. The second-order valence-corrected chi connectivity index (χ2v) is 8.44. The average molecular weight is 333 g/mol. The Morgan fingerprint density at radius 3 is 2.62 bits per heavy atom. The number of thiophene rings is 1. The van der Waals surface area contributed by atoms with Crippen molar-refractivity contribution in [3.63, 3.8) is 0 Å². The average Bonchev–Trinajstić information content (AvgIpc) is 2.86. The van der Waals surface area contributed by atoms with Gasteiger partial charge in [-0.15, -0.1) is 11.3 Å². The van der Waals surface area contributed by atoms with Crippen molar-refractivity contribution in [1.82, 2.24) is 4.31 Å². The standard InChI is InChI=1S/C13H19NO5S2/c1-10-2-3-13(20-10)21(17,18)14-7-4-11(5-8-14)19-9-6-12(15)16/h2-3,11H,4-9H2,1H3,(H,15,16). The van der Waals surface area contributed by atoms with Gasteiger partial charge in [-0.1, -0.05) is 0 Å². The van der Waals surface area contributed by atoms with Crippen LogP contribution in [0.3, 0.4) is 0 Å². The van der Waals surface area contributed by atoms with Gasteiger partial charge in [-0.3, -0.25) is 4.79 Å². The first-order valence-corrected chi connectivity index (χ1v) is 9.05. The van der Waals surface area contributed by atoms with E-state index in [1.54, 1.807) is 12.1 Å². The highest BCUT2D eigenvalue weighted by molar-refractivity contribution is 7.91. The largest absolute Gasteiger partial charge is 0.481 e. The van der Waals surface area contributed by atoms with Crippen LogP contribution in [0.15, 0.2) is 16.3 Å².